The van der Waals surface area contributed by atoms with Crippen LogP contribution < -0.4 is 0 Å². The number of hydrogen-bond donors (Lipinski definition) is 1. The second-order valence-corrected chi connectivity index (χ2v) is 6.44. The number of rotatable bonds is 3. The molecule has 1 saturated heterocycles. The summed E-state index contributed by atoms with van der Waals surface area (Å²) < 4.78 is 1.64. The number of H-pyrrole nitrogens is 1. The topological polar surface area (TPSA) is 79.2 Å². The Hall–Kier alpha value is -2.70. The van der Waals surface area contributed by atoms with Gasteiger partial charge in [-0.3, -0.25) is 9.89 Å². The fourth-order valence-corrected chi connectivity index (χ4v) is 3.43. The van der Waals surface area contributed by atoms with Crippen molar-refractivity contribution in [3.05, 3.63) is 47.7 Å². The molecule has 4 heterocycles. The van der Waals surface area contributed by atoms with Crippen molar-refractivity contribution < 1.29 is 4.79 Å². The number of amides is 1. The Kier molecular flexibility index (Phi) is 3.76. The minimum Gasteiger partial charge on any atom is -0.338 e. The number of nitrogens with one attached hydrogen (secondary N) is 1. The van der Waals surface area contributed by atoms with Crippen LogP contribution in [-0.4, -0.2) is 48.7 Å². The third-order valence-electron chi connectivity index (χ3n) is 4.74. The fraction of sp³-hybridized carbons (Fsp3) is 0.412. The monoisotopic (exact) mass is 324 g/mol. The van der Waals surface area contributed by atoms with Gasteiger partial charge in [-0.1, -0.05) is 0 Å². The number of carbonyl (C=O) groups excluding carboxylic acids is 1. The number of aromatic nitrogens is 5. The van der Waals surface area contributed by atoms with Crippen LogP contribution in [0, 0.1) is 12.8 Å². The summed E-state index contributed by atoms with van der Waals surface area (Å²) in [6.45, 7) is 3.62. The van der Waals surface area contributed by atoms with Crippen molar-refractivity contribution in [2.75, 3.05) is 13.1 Å². The van der Waals surface area contributed by atoms with Crippen LogP contribution >= 0.6 is 0 Å². The minimum absolute atomic E-state index is 0.0229. The molecule has 1 N–H and O–H groups in total. The molecule has 0 bridgehead atoms. The van der Waals surface area contributed by atoms with Gasteiger partial charge in [0.25, 0.3) is 5.91 Å². The van der Waals surface area contributed by atoms with Gasteiger partial charge in [0.1, 0.15) is 5.56 Å². The molecule has 7 nitrogen and oxygen atoms in total. The first kappa shape index (κ1) is 14.9. The third-order valence-corrected chi connectivity index (χ3v) is 4.74. The molecule has 1 fully saturated rings. The highest BCUT2D eigenvalue weighted by atomic mass is 16.2. The largest absolute Gasteiger partial charge is 0.338 e. The molecule has 1 aliphatic heterocycles. The van der Waals surface area contributed by atoms with E-state index in [0.717, 1.165) is 32.4 Å². The summed E-state index contributed by atoms with van der Waals surface area (Å²) in [5.74, 6) is 0.478. The molecule has 3 aromatic rings. The molecule has 0 spiro atoms. The van der Waals surface area contributed by atoms with Gasteiger partial charge in [-0.05, 0) is 43.7 Å². The molecule has 24 heavy (non-hydrogen) atoms. The maximum Gasteiger partial charge on any atom is 0.259 e. The molecule has 0 unspecified atom stereocenters. The van der Waals surface area contributed by atoms with Gasteiger partial charge in [-0.15, -0.1) is 0 Å². The highest BCUT2D eigenvalue weighted by Gasteiger charge is 2.27. The van der Waals surface area contributed by atoms with Crippen LogP contribution in [0.2, 0.25) is 0 Å². The summed E-state index contributed by atoms with van der Waals surface area (Å²) in [4.78, 5) is 19.1. The third kappa shape index (κ3) is 2.66. The first-order chi connectivity index (χ1) is 11.7. The van der Waals surface area contributed by atoms with Gasteiger partial charge in [0.2, 0.25) is 0 Å². The molecule has 4 rings (SSSR count). The number of fused-ring (bicyclic) bond motifs is 1. The van der Waals surface area contributed by atoms with Gasteiger partial charge in [0, 0.05) is 31.2 Å². The fourth-order valence-electron chi connectivity index (χ4n) is 3.43. The Bertz CT molecular complexity index is 867. The highest BCUT2D eigenvalue weighted by molar-refractivity contribution is 5.99. The second-order valence-electron chi connectivity index (χ2n) is 6.44. The van der Waals surface area contributed by atoms with E-state index in [2.05, 4.69) is 27.2 Å². The Morgan fingerprint density at radius 3 is 3.17 bits per heavy atom. The predicted octanol–water partition coefficient (Wildman–Crippen LogP) is 1.86. The van der Waals surface area contributed by atoms with Crippen molar-refractivity contribution in [2.45, 2.75) is 26.2 Å². The SMILES string of the molecule is Cc1cn[nH]c1C[C@H]1CCCN(C(=O)c2cnn3cccnc23)C1. The van der Waals surface area contributed by atoms with Gasteiger partial charge < -0.3 is 4.90 Å². The standard InChI is InChI=1S/C17H20N6O/c1-12-9-19-21-15(12)8-13-4-2-6-22(11-13)17(24)14-10-20-23-7-3-5-18-16(14)23/h3,5,7,9-10,13H,2,4,6,8,11H2,1H3,(H,19,21)/t13-/m1/s1. The van der Waals surface area contributed by atoms with E-state index in [1.54, 1.807) is 29.2 Å². The van der Waals surface area contributed by atoms with Crippen LogP contribution in [0.4, 0.5) is 0 Å². The Morgan fingerprint density at radius 1 is 1.42 bits per heavy atom. The average molecular weight is 324 g/mol. The lowest BCUT2D eigenvalue weighted by molar-refractivity contribution is 0.0674. The van der Waals surface area contributed by atoms with Gasteiger partial charge in [-0.2, -0.15) is 10.2 Å². The zero-order valence-electron chi connectivity index (χ0n) is 13.6. The zero-order chi connectivity index (χ0) is 16.5. The van der Waals surface area contributed by atoms with Crippen LogP contribution in [0.3, 0.4) is 0 Å². The number of aromatic amines is 1. The first-order valence-corrected chi connectivity index (χ1v) is 8.29. The number of piperidine rings is 1. The number of aryl methyl sites for hydroxylation is 1. The average Bonchev–Trinajstić information content (AvgIpc) is 3.21. The smallest absolute Gasteiger partial charge is 0.259 e. The van der Waals surface area contributed by atoms with Crippen molar-refractivity contribution in [1.29, 1.82) is 0 Å². The van der Waals surface area contributed by atoms with E-state index in [4.69, 9.17) is 0 Å². The predicted molar refractivity (Wildman–Crippen MR) is 88.6 cm³/mol. The lowest BCUT2D eigenvalue weighted by Gasteiger charge is -2.32. The summed E-state index contributed by atoms with van der Waals surface area (Å²) in [7, 11) is 0. The number of carbonyl (C=O) groups is 1. The van der Waals surface area contributed by atoms with E-state index in [1.807, 2.05) is 11.1 Å². The molecule has 1 atom stereocenters. The van der Waals surface area contributed by atoms with Gasteiger partial charge in [0.05, 0.1) is 12.4 Å². The Morgan fingerprint density at radius 2 is 2.33 bits per heavy atom. The van der Waals surface area contributed by atoms with Crippen molar-refractivity contribution in [2.24, 2.45) is 5.92 Å². The highest BCUT2D eigenvalue weighted by Crippen LogP contribution is 2.23. The zero-order valence-corrected chi connectivity index (χ0v) is 13.6. The van der Waals surface area contributed by atoms with Crippen LogP contribution in [0.15, 0.2) is 30.9 Å². The quantitative estimate of drug-likeness (QED) is 0.797. The summed E-state index contributed by atoms with van der Waals surface area (Å²) in [5.41, 5.74) is 3.56. The van der Waals surface area contributed by atoms with Crippen LogP contribution in [0.5, 0.6) is 0 Å². The molecule has 1 aliphatic rings. The van der Waals surface area contributed by atoms with Crippen molar-refractivity contribution in [3.63, 3.8) is 0 Å². The normalized spacial score (nSPS) is 18.2. The van der Waals surface area contributed by atoms with Gasteiger partial charge in [-0.25, -0.2) is 9.50 Å². The molecule has 1 amide bonds. The second kappa shape index (κ2) is 6.07. The Balaban J connectivity index is 1.51. The molecule has 0 aromatic carbocycles. The van der Waals surface area contributed by atoms with Crippen molar-refractivity contribution in [3.8, 4) is 0 Å². The van der Waals surface area contributed by atoms with Crippen LogP contribution in [0.25, 0.3) is 5.65 Å². The minimum atomic E-state index is 0.0229. The maximum atomic E-state index is 12.9. The van der Waals surface area contributed by atoms with E-state index in [0.29, 0.717) is 17.1 Å². The van der Waals surface area contributed by atoms with E-state index in [1.165, 1.54) is 11.3 Å². The molecule has 0 saturated carbocycles. The van der Waals surface area contributed by atoms with E-state index in [9.17, 15) is 4.79 Å². The molecule has 0 radical (unpaired) electrons. The molecular formula is C17H20N6O. The number of likely N-dealkylation sites (tertiary alicyclic amines) is 1. The summed E-state index contributed by atoms with van der Waals surface area (Å²) in [5, 5.41) is 11.4. The summed E-state index contributed by atoms with van der Waals surface area (Å²) in [6.07, 6.45) is 10.1. The lowest BCUT2D eigenvalue weighted by Crippen LogP contribution is -2.40. The first-order valence-electron chi connectivity index (χ1n) is 8.29. The summed E-state index contributed by atoms with van der Waals surface area (Å²) >= 11 is 0. The van der Waals surface area contributed by atoms with E-state index >= 15 is 0 Å². The van der Waals surface area contributed by atoms with Crippen molar-refractivity contribution >= 4 is 11.6 Å². The van der Waals surface area contributed by atoms with E-state index < -0.39 is 0 Å². The van der Waals surface area contributed by atoms with Gasteiger partial charge >= 0.3 is 0 Å². The molecule has 3 aromatic heterocycles. The molecule has 124 valence electrons. The molecular weight excluding hydrogens is 304 g/mol. The van der Waals surface area contributed by atoms with E-state index in [-0.39, 0.29) is 5.91 Å². The number of nitrogens with zero attached hydrogens (tertiary/aromatic N) is 5. The Labute approximate surface area is 139 Å². The summed E-state index contributed by atoms with van der Waals surface area (Å²) in [6, 6.07) is 1.80. The number of hydrogen-bond acceptors (Lipinski definition) is 4. The van der Waals surface area contributed by atoms with Gasteiger partial charge in [0.15, 0.2) is 5.65 Å². The van der Waals surface area contributed by atoms with Crippen LogP contribution in [0.1, 0.15) is 34.5 Å². The van der Waals surface area contributed by atoms with Crippen LogP contribution in [-0.2, 0) is 6.42 Å². The lowest BCUT2D eigenvalue weighted by atomic mass is 9.92. The maximum absolute atomic E-state index is 12.9. The molecule has 0 aliphatic carbocycles. The van der Waals surface area contributed by atoms with Crippen molar-refractivity contribution in [1.82, 2.24) is 29.7 Å². The molecule has 7 heteroatoms.